The highest BCUT2D eigenvalue weighted by molar-refractivity contribution is 8.00. The van der Waals surface area contributed by atoms with Crippen LogP contribution < -0.4 is 25.9 Å². The van der Waals surface area contributed by atoms with Gasteiger partial charge in [0.25, 0.3) is 11.1 Å². The molecule has 1 atom stereocenters. The van der Waals surface area contributed by atoms with Crippen LogP contribution in [-0.4, -0.2) is 44.7 Å². The van der Waals surface area contributed by atoms with Crippen molar-refractivity contribution >= 4 is 46.2 Å². The van der Waals surface area contributed by atoms with E-state index in [1.807, 2.05) is 22.5 Å². The van der Waals surface area contributed by atoms with Gasteiger partial charge in [0, 0.05) is 17.0 Å². The van der Waals surface area contributed by atoms with E-state index < -0.39 is 5.25 Å². The monoisotopic (exact) mass is 472 g/mol. The molecule has 0 bridgehead atoms. The van der Waals surface area contributed by atoms with Crippen LogP contribution in [0.2, 0.25) is 0 Å². The lowest BCUT2D eigenvalue weighted by Gasteiger charge is -2.24. The van der Waals surface area contributed by atoms with Crippen molar-refractivity contribution in [2.45, 2.75) is 24.1 Å². The largest absolute Gasteiger partial charge is 0.454 e. The third-order valence-corrected chi connectivity index (χ3v) is 8.37. The van der Waals surface area contributed by atoms with Gasteiger partial charge in [-0.05, 0) is 36.5 Å². The van der Waals surface area contributed by atoms with Gasteiger partial charge in [-0.15, -0.1) is 11.8 Å². The first-order valence-corrected chi connectivity index (χ1v) is 12.6. The first-order valence-electron chi connectivity index (χ1n) is 10.4. The van der Waals surface area contributed by atoms with Crippen LogP contribution in [0.4, 0.5) is 5.82 Å². The highest BCUT2D eigenvalue weighted by atomic mass is 32.2. The van der Waals surface area contributed by atoms with Crippen molar-refractivity contribution in [3.8, 4) is 11.5 Å². The van der Waals surface area contributed by atoms with Crippen molar-refractivity contribution in [2.75, 3.05) is 29.4 Å². The second-order valence-electron chi connectivity index (χ2n) is 8.00. The summed E-state index contributed by atoms with van der Waals surface area (Å²) in [4.78, 5) is 41.6. The van der Waals surface area contributed by atoms with Crippen molar-refractivity contribution in [3.05, 3.63) is 50.0 Å². The Morgan fingerprint density at radius 3 is 2.59 bits per heavy atom. The molecule has 3 N–H and O–H groups in total. The maximum absolute atomic E-state index is 13.1. The number of aromatic nitrogens is 3. The van der Waals surface area contributed by atoms with Crippen LogP contribution >= 0.6 is 23.5 Å². The van der Waals surface area contributed by atoms with E-state index in [9.17, 15) is 14.4 Å². The number of nitrogens with zero attached hydrogens (tertiary/aromatic N) is 1. The van der Waals surface area contributed by atoms with E-state index in [2.05, 4.69) is 15.4 Å². The van der Waals surface area contributed by atoms with Crippen molar-refractivity contribution in [3.63, 3.8) is 0 Å². The molecule has 0 saturated carbocycles. The summed E-state index contributed by atoms with van der Waals surface area (Å²) in [6.07, 6.45) is 1.83. The Kier molecular flexibility index (Phi) is 4.76. The van der Waals surface area contributed by atoms with Crippen LogP contribution in [0.3, 0.4) is 0 Å². The number of ether oxygens (including phenoxy) is 2. The molecular weight excluding hydrogens is 452 g/mol. The topological polar surface area (TPSA) is 118 Å². The second kappa shape index (κ2) is 7.66. The van der Waals surface area contributed by atoms with Gasteiger partial charge in [0.1, 0.15) is 5.82 Å². The minimum atomic E-state index is -0.578. The predicted octanol–water partition coefficient (Wildman–Crippen LogP) is 2.59. The van der Waals surface area contributed by atoms with Gasteiger partial charge in [-0.25, -0.2) is 0 Å². The van der Waals surface area contributed by atoms with Gasteiger partial charge in [0.2, 0.25) is 12.7 Å². The molecule has 1 amide bonds. The van der Waals surface area contributed by atoms with E-state index in [1.165, 1.54) is 11.8 Å². The Morgan fingerprint density at radius 1 is 1.00 bits per heavy atom. The number of fused-ring (bicyclic) bond motifs is 3. The molecule has 0 radical (unpaired) electrons. The molecule has 5 heterocycles. The summed E-state index contributed by atoms with van der Waals surface area (Å²) in [5, 5.41) is 6.05. The van der Waals surface area contributed by atoms with Crippen molar-refractivity contribution in [1.29, 1.82) is 0 Å². The number of thioether (sulfide) groups is 2. The number of carbonyl (C=O) groups excluding carboxylic acids is 1. The number of hydrogen-bond acceptors (Lipinski definition) is 7. The van der Waals surface area contributed by atoms with Gasteiger partial charge in [-0.3, -0.25) is 24.2 Å². The molecular formula is C21H20N4O5S2. The summed E-state index contributed by atoms with van der Waals surface area (Å²) in [5.41, 5.74) is 0.909. The fourth-order valence-corrected chi connectivity index (χ4v) is 6.73. The number of H-pyrrole nitrogens is 2. The van der Waals surface area contributed by atoms with Crippen molar-refractivity contribution < 1.29 is 14.3 Å². The van der Waals surface area contributed by atoms with Crippen LogP contribution in [0, 0.1) is 0 Å². The van der Waals surface area contributed by atoms with Crippen LogP contribution in [0.15, 0.2) is 27.8 Å². The normalized spacial score (nSPS) is 20.8. The van der Waals surface area contributed by atoms with Crippen LogP contribution in [-0.2, 0) is 4.79 Å². The van der Waals surface area contributed by atoms with E-state index in [1.54, 1.807) is 12.1 Å². The van der Waals surface area contributed by atoms with Gasteiger partial charge in [0.05, 0.1) is 28.1 Å². The predicted molar refractivity (Wildman–Crippen MR) is 124 cm³/mol. The average Bonchev–Trinajstić information content (AvgIpc) is 3.32. The first-order chi connectivity index (χ1) is 15.6. The SMILES string of the molecule is O=C1CS[C@H](c2cc3cc4c(cc3[nH]c2=O)OCO4)c2c(n(C3CCSCC3)[nH]c2=O)N1. The summed E-state index contributed by atoms with van der Waals surface area (Å²) in [5.74, 6) is 3.66. The highest BCUT2D eigenvalue weighted by Crippen LogP contribution is 2.42. The second-order valence-corrected chi connectivity index (χ2v) is 10.3. The molecule has 0 unspecified atom stereocenters. The molecule has 2 aromatic heterocycles. The molecule has 11 heteroatoms. The zero-order valence-electron chi connectivity index (χ0n) is 16.9. The van der Waals surface area contributed by atoms with Gasteiger partial charge in [0.15, 0.2) is 11.5 Å². The van der Waals surface area contributed by atoms with E-state index in [0.29, 0.717) is 34.0 Å². The lowest BCUT2D eigenvalue weighted by atomic mass is 10.0. The lowest BCUT2D eigenvalue weighted by molar-refractivity contribution is -0.113. The average molecular weight is 473 g/mol. The summed E-state index contributed by atoms with van der Waals surface area (Å²) < 4.78 is 12.7. The van der Waals surface area contributed by atoms with E-state index in [4.69, 9.17) is 9.47 Å². The summed E-state index contributed by atoms with van der Waals surface area (Å²) in [7, 11) is 0. The fraction of sp³-hybridized carbons (Fsp3) is 0.381. The Labute approximate surface area is 190 Å². The van der Waals surface area contributed by atoms with Gasteiger partial charge >= 0.3 is 0 Å². The number of nitrogens with one attached hydrogen (secondary N) is 3. The zero-order chi connectivity index (χ0) is 21.8. The van der Waals surface area contributed by atoms with Crippen molar-refractivity contribution in [2.24, 2.45) is 0 Å². The maximum atomic E-state index is 13.1. The Morgan fingerprint density at radius 2 is 1.78 bits per heavy atom. The minimum absolute atomic E-state index is 0.117. The molecule has 166 valence electrons. The molecule has 1 aromatic carbocycles. The minimum Gasteiger partial charge on any atom is -0.454 e. The molecule has 0 aliphatic carbocycles. The molecule has 0 spiro atoms. The third kappa shape index (κ3) is 3.22. The van der Waals surface area contributed by atoms with Gasteiger partial charge < -0.3 is 19.8 Å². The van der Waals surface area contributed by atoms with Crippen LogP contribution in [0.5, 0.6) is 11.5 Å². The molecule has 1 saturated heterocycles. The first kappa shape index (κ1) is 19.9. The van der Waals surface area contributed by atoms with E-state index in [-0.39, 0.29) is 35.6 Å². The smallest absolute Gasteiger partial charge is 0.270 e. The van der Waals surface area contributed by atoms with Crippen LogP contribution in [0.25, 0.3) is 10.9 Å². The standard InChI is InChI=1S/C21H20N4O5S2/c26-16-8-32-18(17-19(23-16)25(24-21(17)28)11-1-3-31-4-2-11)12-5-10-6-14-15(30-9-29-14)7-13(10)22-20(12)27/h5-7,11,18H,1-4,8-9H2,(H,22,27)(H,23,26)(H,24,28)/t18-/m1/s1. The number of benzene rings is 1. The number of aromatic amines is 2. The molecule has 3 aromatic rings. The number of pyridine rings is 1. The highest BCUT2D eigenvalue weighted by Gasteiger charge is 2.34. The zero-order valence-corrected chi connectivity index (χ0v) is 18.6. The quantitative estimate of drug-likeness (QED) is 0.525. The Bertz CT molecular complexity index is 1350. The number of rotatable bonds is 2. The Hall–Kier alpha value is -2.79. The van der Waals surface area contributed by atoms with Crippen LogP contribution in [0.1, 0.15) is 35.3 Å². The van der Waals surface area contributed by atoms with Gasteiger partial charge in [-0.2, -0.15) is 11.8 Å². The van der Waals surface area contributed by atoms with Crippen molar-refractivity contribution in [1.82, 2.24) is 14.8 Å². The molecule has 32 heavy (non-hydrogen) atoms. The van der Waals surface area contributed by atoms with Gasteiger partial charge in [-0.1, -0.05) is 0 Å². The number of amides is 1. The van der Waals surface area contributed by atoms with E-state index >= 15 is 0 Å². The number of carbonyl (C=O) groups is 1. The number of hydrogen-bond donors (Lipinski definition) is 3. The molecule has 9 nitrogen and oxygen atoms in total. The molecule has 1 fully saturated rings. The lowest BCUT2D eigenvalue weighted by Crippen LogP contribution is -2.22. The summed E-state index contributed by atoms with van der Waals surface area (Å²) in [6, 6.07) is 5.45. The molecule has 6 rings (SSSR count). The fourth-order valence-electron chi connectivity index (χ4n) is 4.51. The third-order valence-electron chi connectivity index (χ3n) is 6.07. The number of anilines is 1. The van der Waals surface area contributed by atoms with E-state index in [0.717, 1.165) is 29.7 Å². The summed E-state index contributed by atoms with van der Waals surface area (Å²) in [6.45, 7) is 0.140. The Balaban J connectivity index is 1.50. The maximum Gasteiger partial charge on any atom is 0.270 e. The molecule has 3 aliphatic rings. The molecule has 3 aliphatic heterocycles. The summed E-state index contributed by atoms with van der Waals surface area (Å²) >= 11 is 3.17.